The number of carbonyl (C=O) groups is 2. The van der Waals surface area contributed by atoms with Crippen molar-refractivity contribution >= 4 is 57.0 Å². The van der Waals surface area contributed by atoms with Gasteiger partial charge in [0.2, 0.25) is 0 Å². The zero-order valence-electron chi connectivity index (χ0n) is 36.6. The number of aromatic nitrogens is 2. The molecule has 9 atom stereocenters. The van der Waals surface area contributed by atoms with Crippen LogP contribution in [0.4, 0.5) is 22.4 Å². The molecule has 2 aromatic carbocycles. The third-order valence-electron chi connectivity index (χ3n) is 14.4. The predicted octanol–water partition coefficient (Wildman–Crippen LogP) is 11.3. The molecule has 1 unspecified atom stereocenters. The summed E-state index contributed by atoms with van der Waals surface area (Å²) in [5.41, 5.74) is -0.558. The molecule has 3 saturated carbocycles. The first-order chi connectivity index (χ1) is 31.0. The number of likely N-dealkylation sites (tertiary alicyclic amines) is 1. The van der Waals surface area contributed by atoms with Crippen LogP contribution in [-0.4, -0.2) is 86.9 Å². The summed E-state index contributed by atoms with van der Waals surface area (Å²) in [5, 5.41) is 11.1. The molecule has 65 heavy (non-hydrogen) atoms. The van der Waals surface area contributed by atoms with E-state index in [1.54, 1.807) is 48.8 Å². The third kappa shape index (κ3) is 7.63. The van der Waals surface area contributed by atoms with Gasteiger partial charge in [-0.3, -0.25) is 4.79 Å². The van der Waals surface area contributed by atoms with Gasteiger partial charge in [0.25, 0.3) is 5.91 Å². The Hall–Kier alpha value is -4.20. The second-order valence-corrected chi connectivity index (χ2v) is 20.5. The Morgan fingerprint density at radius 3 is 2.57 bits per heavy atom. The first-order valence-electron chi connectivity index (χ1n) is 22.7. The molecule has 4 aliphatic heterocycles. The quantitative estimate of drug-likeness (QED) is 0.136. The maximum atomic E-state index is 18.0. The summed E-state index contributed by atoms with van der Waals surface area (Å²) in [5.74, 6) is -2.16. The largest absolute Gasteiger partial charge is 0.444 e. The van der Waals surface area contributed by atoms with E-state index in [0.29, 0.717) is 71.2 Å². The van der Waals surface area contributed by atoms with Crippen LogP contribution >= 0.6 is 23.2 Å². The Kier molecular flexibility index (Phi) is 11.4. The highest BCUT2D eigenvalue weighted by Crippen LogP contribution is 2.59. The van der Waals surface area contributed by atoms with Gasteiger partial charge in [-0.1, -0.05) is 35.3 Å². The van der Waals surface area contributed by atoms with E-state index >= 15 is 8.78 Å². The minimum absolute atomic E-state index is 0.0266. The Balaban J connectivity index is 1.26. The molecule has 3 aliphatic carbocycles. The second-order valence-electron chi connectivity index (χ2n) is 19.7. The standard InChI is InChI=1S/C48H51Cl2F4N5O6/c1-23(63-35-12-5-6-16-62-35)39-30-21-33(43-28-19-26(20-34(28)64-45(52)53)58(43)44(60)48(54)13-14-48)59(41-25-18-32(41)57(22-25)46(61)65-47(2,3)4)42(30)29-17-24(9-8-15-55)36(38(51)40(29)56-39)27-10-7-11-31(49)37(27)50/h7,10-11,17,21,23,25-26,28,32,34-35,41,43,45H,5-6,8-9,12-14,16,18-20,22H2,1-4H3/t23-,25-,26-,28+,32-,34+,35?,41+,43-/m1/s1. The minimum atomic E-state index is -3.08. The van der Waals surface area contributed by atoms with E-state index in [9.17, 15) is 23.6 Å². The molecule has 4 aromatic rings. The van der Waals surface area contributed by atoms with Gasteiger partial charge in [-0.15, -0.1) is 0 Å². The molecular formula is C48H51Cl2F4N5O6. The summed E-state index contributed by atoms with van der Waals surface area (Å²) in [6.45, 7) is 4.97. The van der Waals surface area contributed by atoms with Crippen LogP contribution in [0, 0.1) is 29.0 Å². The molecule has 11 rings (SSSR count). The van der Waals surface area contributed by atoms with Gasteiger partial charge < -0.3 is 33.3 Å². The minimum Gasteiger partial charge on any atom is -0.444 e. The van der Waals surface area contributed by atoms with E-state index < -0.39 is 84.3 Å². The van der Waals surface area contributed by atoms with E-state index in [0.717, 1.165) is 12.8 Å². The molecule has 0 spiro atoms. The zero-order valence-corrected chi connectivity index (χ0v) is 38.1. The van der Waals surface area contributed by atoms with Gasteiger partial charge in [-0.2, -0.15) is 14.0 Å². The van der Waals surface area contributed by atoms with Crippen LogP contribution in [0.5, 0.6) is 0 Å². The maximum absolute atomic E-state index is 18.0. The van der Waals surface area contributed by atoms with E-state index in [4.69, 9.17) is 47.1 Å². The van der Waals surface area contributed by atoms with E-state index in [1.165, 1.54) is 0 Å². The number of hydrogen-bond acceptors (Lipinski definition) is 8. The van der Waals surface area contributed by atoms with Gasteiger partial charge in [-0.05, 0) is 109 Å². The van der Waals surface area contributed by atoms with Gasteiger partial charge >= 0.3 is 12.7 Å². The van der Waals surface area contributed by atoms with Crippen molar-refractivity contribution in [2.75, 3.05) is 13.2 Å². The van der Waals surface area contributed by atoms with Crippen LogP contribution < -0.4 is 0 Å². The summed E-state index contributed by atoms with van der Waals surface area (Å²) < 4.78 is 88.2. The first kappa shape index (κ1) is 44.6. The van der Waals surface area contributed by atoms with Crippen LogP contribution in [-0.2, 0) is 30.2 Å². The number of hydrogen-bond donors (Lipinski definition) is 0. The molecule has 4 bridgehead atoms. The molecule has 17 heteroatoms. The van der Waals surface area contributed by atoms with Gasteiger partial charge in [0.05, 0.1) is 51.6 Å². The number of benzene rings is 2. The van der Waals surface area contributed by atoms with E-state index in [1.807, 2.05) is 19.1 Å². The number of alkyl halides is 3. The number of amides is 2. The molecule has 0 radical (unpaired) electrons. The number of nitriles is 1. The average molecular weight is 941 g/mol. The monoisotopic (exact) mass is 939 g/mol. The van der Waals surface area contributed by atoms with E-state index in [2.05, 4.69) is 10.6 Å². The topological polar surface area (TPSA) is 119 Å². The van der Waals surface area contributed by atoms with Crippen molar-refractivity contribution in [2.24, 2.45) is 11.8 Å². The molecule has 4 saturated heterocycles. The molecule has 11 nitrogen and oxygen atoms in total. The van der Waals surface area contributed by atoms with Crippen LogP contribution in [0.25, 0.3) is 32.9 Å². The summed E-state index contributed by atoms with van der Waals surface area (Å²) in [7, 11) is 0. The predicted molar refractivity (Wildman–Crippen MR) is 234 cm³/mol. The molecule has 346 valence electrons. The Morgan fingerprint density at radius 2 is 1.88 bits per heavy atom. The van der Waals surface area contributed by atoms with Crippen molar-refractivity contribution in [3.63, 3.8) is 0 Å². The highest BCUT2D eigenvalue weighted by Gasteiger charge is 2.63. The van der Waals surface area contributed by atoms with Gasteiger partial charge in [0.15, 0.2) is 17.8 Å². The number of pyridine rings is 1. The third-order valence-corrected chi connectivity index (χ3v) is 15.3. The van der Waals surface area contributed by atoms with Crippen molar-refractivity contribution in [3.05, 3.63) is 63.1 Å². The van der Waals surface area contributed by atoms with Crippen LogP contribution in [0.1, 0.15) is 121 Å². The zero-order chi connectivity index (χ0) is 45.9. The van der Waals surface area contributed by atoms with Crippen molar-refractivity contribution in [1.82, 2.24) is 19.4 Å². The Bertz CT molecular complexity index is 2620. The van der Waals surface area contributed by atoms with Crippen molar-refractivity contribution in [1.29, 1.82) is 5.26 Å². The van der Waals surface area contributed by atoms with E-state index in [-0.39, 0.29) is 59.1 Å². The lowest BCUT2D eigenvalue weighted by Crippen LogP contribution is -2.50. The lowest BCUT2D eigenvalue weighted by molar-refractivity contribution is -0.186. The van der Waals surface area contributed by atoms with Crippen molar-refractivity contribution < 1.29 is 46.1 Å². The Labute approximate surface area is 384 Å². The number of fused-ring (bicyclic) bond motifs is 6. The lowest BCUT2D eigenvalue weighted by Gasteiger charge is -2.44. The number of piperidine rings is 1. The number of nitrogens with zero attached hydrogens (tertiary/aromatic N) is 5. The smallest absolute Gasteiger partial charge is 0.410 e. The fourth-order valence-corrected chi connectivity index (χ4v) is 11.9. The average Bonchev–Trinajstić information content (AvgIpc) is 3.76. The summed E-state index contributed by atoms with van der Waals surface area (Å²) in [6.07, 6.45) is 0.976. The van der Waals surface area contributed by atoms with Crippen LogP contribution in [0.3, 0.4) is 0 Å². The number of carbonyl (C=O) groups excluding carboxylic acids is 2. The molecule has 6 heterocycles. The van der Waals surface area contributed by atoms with Gasteiger partial charge in [-0.25, -0.2) is 18.6 Å². The molecule has 7 fully saturated rings. The Morgan fingerprint density at radius 1 is 1.09 bits per heavy atom. The molecule has 7 aliphatic rings. The van der Waals surface area contributed by atoms with Crippen LogP contribution in [0.15, 0.2) is 30.3 Å². The first-order valence-corrected chi connectivity index (χ1v) is 23.5. The fourth-order valence-electron chi connectivity index (χ4n) is 11.5. The highest BCUT2D eigenvalue weighted by molar-refractivity contribution is 6.43. The number of aryl methyl sites for hydroxylation is 1. The highest BCUT2D eigenvalue weighted by atomic mass is 35.5. The molecule has 2 amide bonds. The lowest BCUT2D eigenvalue weighted by atomic mass is 9.79. The normalized spacial score (nSPS) is 28.3. The number of ether oxygens (including phenoxy) is 4. The number of halogens is 6. The van der Waals surface area contributed by atoms with Crippen molar-refractivity contribution in [2.45, 2.75) is 152 Å². The summed E-state index contributed by atoms with van der Waals surface area (Å²) >= 11 is 13.3. The number of rotatable bonds is 11. The molecular weight excluding hydrogens is 889 g/mol. The SMILES string of the molecule is C[C@@H](OC1CCCCO1)c1nc2c(F)c(-c3cccc(Cl)c3Cl)c(CCC#N)cc2c2c1cc([C@H]1[C@H]3C[C@H](C[C@@H]3OC(F)F)N1C(=O)C1(F)CC1)n2[C@H]1[C@@H]2C[C@H]1N(C(=O)OC(C)(C)C)C2. The summed E-state index contributed by atoms with van der Waals surface area (Å²) in [4.78, 5) is 36.6. The fraction of sp³-hybridized carbons (Fsp3) is 0.583. The summed E-state index contributed by atoms with van der Waals surface area (Å²) in [6, 6.07) is 8.46. The second kappa shape index (κ2) is 16.5. The maximum Gasteiger partial charge on any atom is 0.410 e. The molecule has 2 aromatic heterocycles. The van der Waals surface area contributed by atoms with Gasteiger partial charge in [0.1, 0.15) is 17.2 Å². The molecule has 0 N–H and O–H groups in total. The van der Waals surface area contributed by atoms with Crippen LogP contribution in [0.2, 0.25) is 10.0 Å². The van der Waals surface area contributed by atoms with Crippen molar-refractivity contribution in [3.8, 4) is 17.2 Å². The van der Waals surface area contributed by atoms with Gasteiger partial charge in [0, 0.05) is 65.0 Å².